The Bertz CT molecular complexity index is 136. The number of ether oxygens (including phenoxy) is 1. The summed E-state index contributed by atoms with van der Waals surface area (Å²) in [7, 11) is 0. The highest BCUT2D eigenvalue weighted by Crippen LogP contribution is 2.17. The Morgan fingerprint density at radius 3 is 2.73 bits per heavy atom. The van der Waals surface area contributed by atoms with Crippen LogP contribution in [0, 0.1) is 5.92 Å². The Hall–Kier alpha value is -0.0100. The van der Waals surface area contributed by atoms with Crippen molar-refractivity contribution in [3.8, 4) is 0 Å². The normalized spacial score (nSPS) is 22.2. The molecule has 0 aliphatic carbocycles. The van der Waals surface area contributed by atoms with Crippen LogP contribution in [0.4, 0.5) is 0 Å². The van der Waals surface area contributed by atoms with E-state index in [1.807, 2.05) is 0 Å². The van der Waals surface area contributed by atoms with E-state index in [4.69, 9.17) is 16.3 Å². The van der Waals surface area contributed by atoms with Crippen LogP contribution in [-0.2, 0) is 4.74 Å². The van der Waals surface area contributed by atoms with E-state index in [-0.39, 0.29) is 0 Å². The third kappa shape index (κ3) is 3.26. The summed E-state index contributed by atoms with van der Waals surface area (Å²) in [5, 5.41) is 0. The van der Waals surface area contributed by atoms with Gasteiger partial charge in [0, 0.05) is 19.1 Å². The summed E-state index contributed by atoms with van der Waals surface area (Å²) in [6.07, 6.45) is 4.61. The van der Waals surface area contributed by atoms with Gasteiger partial charge in [-0.15, -0.1) is 11.6 Å². The molecule has 0 aromatic heterocycles. The van der Waals surface area contributed by atoms with E-state index in [0.29, 0.717) is 11.8 Å². The topological polar surface area (TPSA) is 9.23 Å². The lowest BCUT2D eigenvalue weighted by molar-refractivity contribution is 0.0784. The maximum Gasteiger partial charge on any atom is 0.0471 e. The number of rotatable bonds is 2. The van der Waals surface area contributed by atoms with Crippen molar-refractivity contribution in [3.63, 3.8) is 0 Å². The van der Waals surface area contributed by atoms with Crippen LogP contribution >= 0.6 is 11.6 Å². The molecule has 0 bridgehead atoms. The van der Waals surface area contributed by atoms with Crippen LogP contribution in [0.1, 0.15) is 19.8 Å². The maximum absolute atomic E-state index is 5.67. The quantitative estimate of drug-likeness (QED) is 0.462. The van der Waals surface area contributed by atoms with Gasteiger partial charge in [0.25, 0.3) is 0 Å². The Kier molecular flexibility index (Phi) is 3.95. The minimum Gasteiger partial charge on any atom is -0.381 e. The van der Waals surface area contributed by atoms with Gasteiger partial charge in [-0.25, -0.2) is 0 Å². The fourth-order valence-electron chi connectivity index (χ4n) is 1.33. The van der Waals surface area contributed by atoms with Gasteiger partial charge < -0.3 is 4.74 Å². The zero-order chi connectivity index (χ0) is 8.10. The average Bonchev–Trinajstić information content (AvgIpc) is 2.06. The van der Waals surface area contributed by atoms with Crippen molar-refractivity contribution in [1.82, 2.24) is 0 Å². The third-order valence-electron chi connectivity index (χ3n) is 2.00. The molecule has 1 rings (SSSR count). The van der Waals surface area contributed by atoms with Gasteiger partial charge in [0.1, 0.15) is 0 Å². The van der Waals surface area contributed by atoms with Gasteiger partial charge in [0.15, 0.2) is 0 Å². The molecular formula is C9H15ClO. The standard InChI is InChI=1S/C9H15ClO/c1-8(7-10)6-9-2-4-11-5-3-9/h6,9H,2-5,7H2,1H3. The molecule has 0 aromatic carbocycles. The fraction of sp³-hybridized carbons (Fsp3) is 0.778. The molecule has 0 unspecified atom stereocenters. The minimum absolute atomic E-state index is 0.664. The molecule has 0 spiro atoms. The van der Waals surface area contributed by atoms with Crippen LogP contribution < -0.4 is 0 Å². The molecule has 1 saturated heterocycles. The molecule has 2 heteroatoms. The molecule has 11 heavy (non-hydrogen) atoms. The smallest absolute Gasteiger partial charge is 0.0471 e. The van der Waals surface area contributed by atoms with E-state index in [1.54, 1.807) is 0 Å². The molecule has 64 valence electrons. The van der Waals surface area contributed by atoms with E-state index in [1.165, 1.54) is 5.57 Å². The molecular weight excluding hydrogens is 160 g/mol. The highest BCUT2D eigenvalue weighted by atomic mass is 35.5. The first kappa shape index (κ1) is 9.08. The van der Waals surface area contributed by atoms with Crippen LogP contribution in [0.3, 0.4) is 0 Å². The Morgan fingerprint density at radius 2 is 2.18 bits per heavy atom. The molecule has 0 atom stereocenters. The van der Waals surface area contributed by atoms with Crippen LogP contribution in [0.2, 0.25) is 0 Å². The van der Waals surface area contributed by atoms with Gasteiger partial charge in [-0.3, -0.25) is 0 Å². The second-order valence-corrected chi connectivity index (χ2v) is 3.36. The van der Waals surface area contributed by atoms with Gasteiger partial charge in [-0.2, -0.15) is 0 Å². The first-order valence-corrected chi connectivity index (χ1v) is 4.67. The van der Waals surface area contributed by atoms with Crippen molar-refractivity contribution in [2.45, 2.75) is 19.8 Å². The van der Waals surface area contributed by atoms with E-state index < -0.39 is 0 Å². The van der Waals surface area contributed by atoms with E-state index >= 15 is 0 Å². The summed E-state index contributed by atoms with van der Waals surface area (Å²) < 4.78 is 5.25. The number of hydrogen-bond donors (Lipinski definition) is 0. The summed E-state index contributed by atoms with van der Waals surface area (Å²) in [5.74, 6) is 1.37. The van der Waals surface area contributed by atoms with E-state index in [9.17, 15) is 0 Å². The van der Waals surface area contributed by atoms with Gasteiger partial charge in [0.2, 0.25) is 0 Å². The summed E-state index contributed by atoms with van der Waals surface area (Å²) in [4.78, 5) is 0. The lowest BCUT2D eigenvalue weighted by Gasteiger charge is -2.19. The van der Waals surface area contributed by atoms with Crippen LogP contribution in [0.5, 0.6) is 0 Å². The molecule has 1 nitrogen and oxygen atoms in total. The monoisotopic (exact) mass is 174 g/mol. The predicted octanol–water partition coefficient (Wildman–Crippen LogP) is 2.60. The van der Waals surface area contributed by atoms with Crippen LogP contribution in [0.25, 0.3) is 0 Å². The molecule has 0 amide bonds. The second-order valence-electron chi connectivity index (χ2n) is 3.10. The Labute approximate surface area is 73.4 Å². The molecule has 0 aromatic rings. The summed E-state index contributed by atoms with van der Waals surface area (Å²) in [5.41, 5.74) is 1.29. The number of halogens is 1. The fourth-order valence-corrected chi connectivity index (χ4v) is 1.42. The summed E-state index contributed by atoms with van der Waals surface area (Å²) in [6.45, 7) is 3.91. The summed E-state index contributed by atoms with van der Waals surface area (Å²) >= 11 is 5.67. The van der Waals surface area contributed by atoms with Crippen molar-refractivity contribution >= 4 is 11.6 Å². The van der Waals surface area contributed by atoms with E-state index in [2.05, 4.69) is 13.0 Å². The van der Waals surface area contributed by atoms with Crippen molar-refractivity contribution in [2.24, 2.45) is 5.92 Å². The largest absolute Gasteiger partial charge is 0.381 e. The highest BCUT2D eigenvalue weighted by Gasteiger charge is 2.10. The molecule has 1 aliphatic heterocycles. The third-order valence-corrected chi connectivity index (χ3v) is 2.42. The van der Waals surface area contributed by atoms with Crippen LogP contribution in [-0.4, -0.2) is 19.1 Å². The van der Waals surface area contributed by atoms with Crippen molar-refractivity contribution in [1.29, 1.82) is 0 Å². The Morgan fingerprint density at radius 1 is 1.55 bits per heavy atom. The molecule has 1 fully saturated rings. The average molecular weight is 175 g/mol. The predicted molar refractivity (Wildman–Crippen MR) is 48.0 cm³/mol. The zero-order valence-electron chi connectivity index (χ0n) is 6.98. The van der Waals surface area contributed by atoms with Crippen molar-refractivity contribution in [3.05, 3.63) is 11.6 Å². The van der Waals surface area contributed by atoms with Gasteiger partial charge in [-0.05, 0) is 25.7 Å². The van der Waals surface area contributed by atoms with Crippen LogP contribution in [0.15, 0.2) is 11.6 Å². The first-order valence-electron chi connectivity index (χ1n) is 4.14. The lowest BCUT2D eigenvalue weighted by atomic mass is 9.98. The maximum atomic E-state index is 5.67. The highest BCUT2D eigenvalue weighted by molar-refractivity contribution is 6.19. The number of allylic oxidation sites excluding steroid dienone is 2. The minimum atomic E-state index is 0.664. The SMILES string of the molecule is CC(=CC1CCOCC1)CCl. The molecule has 0 N–H and O–H groups in total. The molecule has 1 heterocycles. The van der Waals surface area contributed by atoms with Crippen molar-refractivity contribution < 1.29 is 4.74 Å². The first-order chi connectivity index (χ1) is 5.33. The number of alkyl halides is 1. The molecule has 1 aliphatic rings. The van der Waals surface area contributed by atoms with Crippen molar-refractivity contribution in [2.75, 3.05) is 19.1 Å². The Balaban J connectivity index is 2.34. The molecule has 0 radical (unpaired) electrons. The summed E-state index contributed by atoms with van der Waals surface area (Å²) in [6, 6.07) is 0. The van der Waals surface area contributed by atoms with Gasteiger partial charge in [-0.1, -0.05) is 11.6 Å². The zero-order valence-corrected chi connectivity index (χ0v) is 7.73. The lowest BCUT2D eigenvalue weighted by Crippen LogP contribution is -2.14. The number of hydrogen-bond acceptors (Lipinski definition) is 1. The van der Waals surface area contributed by atoms with Gasteiger partial charge >= 0.3 is 0 Å². The van der Waals surface area contributed by atoms with E-state index in [0.717, 1.165) is 26.1 Å². The molecule has 0 saturated carbocycles. The second kappa shape index (κ2) is 4.78. The van der Waals surface area contributed by atoms with Gasteiger partial charge in [0.05, 0.1) is 0 Å².